The molecule has 10 heteroatoms. The molecule has 1 unspecified atom stereocenters. The minimum absolute atomic E-state index is 0.137. The van der Waals surface area contributed by atoms with Crippen molar-refractivity contribution in [1.82, 2.24) is 9.80 Å². The second-order valence-corrected chi connectivity index (χ2v) is 9.46. The lowest BCUT2D eigenvalue weighted by molar-refractivity contribution is -0.0500. The molecule has 2 fully saturated rings. The molecule has 1 amide bonds. The Bertz CT molecular complexity index is 897. The fourth-order valence-corrected chi connectivity index (χ4v) is 5.13. The molecular weight excluding hydrogens is 409 g/mol. The van der Waals surface area contributed by atoms with Crippen LogP contribution in [-0.2, 0) is 16.5 Å². The summed E-state index contributed by atoms with van der Waals surface area (Å²) in [5.41, 5.74) is -4.59. The maximum absolute atomic E-state index is 13.0. The second kappa shape index (κ2) is 7.46. The fourth-order valence-electron chi connectivity index (χ4n) is 4.68. The third kappa shape index (κ3) is 3.96. The van der Waals surface area contributed by atoms with E-state index in [1.807, 2.05) is 4.90 Å². The van der Waals surface area contributed by atoms with E-state index in [4.69, 9.17) is 0 Å². The van der Waals surface area contributed by atoms with E-state index in [-0.39, 0.29) is 11.9 Å². The van der Waals surface area contributed by atoms with Gasteiger partial charge in [0.1, 0.15) is 5.75 Å². The highest BCUT2D eigenvalue weighted by atomic mass is 32.2. The Balaban J connectivity index is 1.46. The molecule has 2 heterocycles. The van der Waals surface area contributed by atoms with Gasteiger partial charge in [-0.05, 0) is 49.4 Å². The third-order valence-electron chi connectivity index (χ3n) is 6.16. The smallest absolute Gasteiger partial charge is 0.376 e. The van der Waals surface area contributed by atoms with E-state index in [9.17, 15) is 26.4 Å². The molecule has 1 atom stereocenters. The van der Waals surface area contributed by atoms with Crippen LogP contribution in [0.15, 0.2) is 18.2 Å². The summed E-state index contributed by atoms with van der Waals surface area (Å²) < 4.78 is 64.1. The van der Waals surface area contributed by atoms with Gasteiger partial charge in [-0.15, -0.1) is 0 Å². The lowest BCUT2D eigenvalue weighted by Gasteiger charge is -2.34. The number of carbonyl (C=O) groups is 1. The van der Waals surface area contributed by atoms with E-state index in [0.717, 1.165) is 25.6 Å². The summed E-state index contributed by atoms with van der Waals surface area (Å²) in [6, 6.07) is 4.42. The summed E-state index contributed by atoms with van der Waals surface area (Å²) >= 11 is 0. The molecule has 0 aromatic heterocycles. The van der Waals surface area contributed by atoms with Crippen molar-refractivity contribution in [3.63, 3.8) is 0 Å². The van der Waals surface area contributed by atoms with Crippen molar-refractivity contribution in [2.75, 3.05) is 19.6 Å². The SMILES string of the molecule is O=C1c2ccc(OS(=O)(=O)C(F)(F)F)cc2CCN1C1CCN(C2CCCC2)C1. The molecule has 0 spiro atoms. The van der Waals surface area contributed by atoms with Crippen molar-refractivity contribution < 1.29 is 30.6 Å². The zero-order chi connectivity index (χ0) is 20.8. The number of halogens is 3. The van der Waals surface area contributed by atoms with Crippen LogP contribution in [0.1, 0.15) is 48.0 Å². The van der Waals surface area contributed by atoms with E-state index < -0.39 is 21.4 Å². The monoisotopic (exact) mass is 432 g/mol. The molecule has 0 radical (unpaired) electrons. The maximum Gasteiger partial charge on any atom is 0.534 e. The minimum atomic E-state index is -5.73. The van der Waals surface area contributed by atoms with E-state index in [2.05, 4.69) is 9.08 Å². The first-order chi connectivity index (χ1) is 13.7. The number of amides is 1. The zero-order valence-corrected chi connectivity index (χ0v) is 16.6. The van der Waals surface area contributed by atoms with Gasteiger partial charge in [-0.1, -0.05) is 12.8 Å². The van der Waals surface area contributed by atoms with Gasteiger partial charge in [-0.25, -0.2) is 0 Å². The van der Waals surface area contributed by atoms with Crippen molar-refractivity contribution in [3.05, 3.63) is 29.3 Å². The highest BCUT2D eigenvalue weighted by Gasteiger charge is 2.48. The Hall–Kier alpha value is -1.81. The summed E-state index contributed by atoms with van der Waals surface area (Å²) in [7, 11) is -5.73. The molecule has 29 heavy (non-hydrogen) atoms. The van der Waals surface area contributed by atoms with Gasteiger partial charge in [0.2, 0.25) is 0 Å². The van der Waals surface area contributed by atoms with Gasteiger partial charge in [0.25, 0.3) is 5.91 Å². The molecule has 1 saturated carbocycles. The highest BCUT2D eigenvalue weighted by Crippen LogP contribution is 2.32. The van der Waals surface area contributed by atoms with Gasteiger partial charge in [-0.2, -0.15) is 21.6 Å². The molecule has 1 aliphatic carbocycles. The Morgan fingerprint density at radius 2 is 1.76 bits per heavy atom. The molecule has 0 N–H and O–H groups in total. The van der Waals surface area contributed by atoms with Crippen LogP contribution in [0.4, 0.5) is 13.2 Å². The van der Waals surface area contributed by atoms with Crippen LogP contribution in [-0.4, -0.2) is 61.4 Å². The van der Waals surface area contributed by atoms with Crippen LogP contribution in [0.25, 0.3) is 0 Å². The van der Waals surface area contributed by atoms with Crippen LogP contribution in [0.2, 0.25) is 0 Å². The first-order valence-corrected chi connectivity index (χ1v) is 11.3. The molecule has 2 aliphatic heterocycles. The molecule has 4 rings (SSSR count). The first kappa shape index (κ1) is 20.5. The molecule has 1 aromatic carbocycles. The first-order valence-electron chi connectivity index (χ1n) is 9.84. The van der Waals surface area contributed by atoms with Crippen LogP contribution >= 0.6 is 0 Å². The number of benzene rings is 1. The number of hydrogen-bond donors (Lipinski definition) is 0. The predicted octanol–water partition coefficient (Wildman–Crippen LogP) is 2.93. The molecule has 1 aromatic rings. The van der Waals surface area contributed by atoms with Gasteiger partial charge in [0.15, 0.2) is 0 Å². The highest BCUT2D eigenvalue weighted by molar-refractivity contribution is 7.88. The van der Waals surface area contributed by atoms with E-state index in [1.165, 1.54) is 37.8 Å². The zero-order valence-electron chi connectivity index (χ0n) is 15.8. The molecular formula is C19H23F3N2O4S. The van der Waals surface area contributed by atoms with E-state index in [0.29, 0.717) is 30.1 Å². The number of rotatable bonds is 4. The number of likely N-dealkylation sites (tertiary alicyclic amines) is 1. The van der Waals surface area contributed by atoms with Crippen LogP contribution in [0.3, 0.4) is 0 Å². The molecule has 0 bridgehead atoms. The maximum atomic E-state index is 13.0. The lowest BCUT2D eigenvalue weighted by Crippen LogP contribution is -2.46. The quantitative estimate of drug-likeness (QED) is 0.541. The topological polar surface area (TPSA) is 66.9 Å². The average Bonchev–Trinajstić information content (AvgIpc) is 3.32. The average molecular weight is 432 g/mol. The standard InChI is InChI=1S/C19H23F3N2O4S/c20-19(21,22)29(26,27)28-16-5-6-17-13(11-16)7-10-24(18(17)25)15-8-9-23(12-15)14-3-1-2-4-14/h5-6,11,14-15H,1-4,7-10,12H2. The molecule has 3 aliphatic rings. The Kier molecular flexibility index (Phi) is 5.27. The molecule has 6 nitrogen and oxygen atoms in total. The van der Waals surface area contributed by atoms with Crippen molar-refractivity contribution in [1.29, 1.82) is 0 Å². The Labute approximate surface area is 167 Å². The number of nitrogens with zero attached hydrogens (tertiary/aromatic N) is 2. The van der Waals surface area contributed by atoms with Crippen molar-refractivity contribution >= 4 is 16.0 Å². The van der Waals surface area contributed by atoms with Crippen LogP contribution in [0.5, 0.6) is 5.75 Å². The predicted molar refractivity (Wildman–Crippen MR) is 99.0 cm³/mol. The van der Waals surface area contributed by atoms with Gasteiger partial charge >= 0.3 is 15.6 Å². The number of alkyl halides is 3. The van der Waals surface area contributed by atoms with E-state index >= 15 is 0 Å². The summed E-state index contributed by atoms with van der Waals surface area (Å²) in [6.07, 6.45) is 6.32. The Morgan fingerprint density at radius 1 is 1.03 bits per heavy atom. The number of hydrogen-bond acceptors (Lipinski definition) is 5. The normalized spacial score (nSPS) is 24.2. The van der Waals surface area contributed by atoms with Crippen molar-refractivity contribution in [3.8, 4) is 5.75 Å². The number of carbonyl (C=O) groups excluding carboxylic acids is 1. The van der Waals surface area contributed by atoms with Crippen LogP contribution < -0.4 is 4.18 Å². The lowest BCUT2D eigenvalue weighted by atomic mass is 9.97. The third-order valence-corrected chi connectivity index (χ3v) is 7.13. The van der Waals surface area contributed by atoms with E-state index in [1.54, 1.807) is 0 Å². The summed E-state index contributed by atoms with van der Waals surface area (Å²) in [4.78, 5) is 17.3. The summed E-state index contributed by atoms with van der Waals surface area (Å²) in [5, 5.41) is 0. The summed E-state index contributed by atoms with van der Waals surface area (Å²) in [5.74, 6) is -0.592. The fraction of sp³-hybridized carbons (Fsp3) is 0.632. The minimum Gasteiger partial charge on any atom is -0.376 e. The van der Waals surface area contributed by atoms with Gasteiger partial charge in [0, 0.05) is 37.3 Å². The molecule has 160 valence electrons. The van der Waals surface area contributed by atoms with Crippen LogP contribution in [0, 0.1) is 0 Å². The molecule has 1 saturated heterocycles. The van der Waals surface area contributed by atoms with Gasteiger partial charge < -0.3 is 9.08 Å². The second-order valence-electron chi connectivity index (χ2n) is 7.93. The summed E-state index contributed by atoms with van der Waals surface area (Å²) in [6.45, 7) is 2.30. The largest absolute Gasteiger partial charge is 0.534 e. The number of fused-ring (bicyclic) bond motifs is 1. The van der Waals surface area contributed by atoms with Crippen molar-refractivity contribution in [2.45, 2.75) is 56.1 Å². The van der Waals surface area contributed by atoms with Gasteiger partial charge in [0.05, 0.1) is 0 Å². The van der Waals surface area contributed by atoms with Gasteiger partial charge in [-0.3, -0.25) is 9.69 Å². The van der Waals surface area contributed by atoms with Crippen molar-refractivity contribution in [2.24, 2.45) is 0 Å². The Morgan fingerprint density at radius 3 is 2.45 bits per heavy atom.